The Morgan fingerprint density at radius 2 is 2.41 bits per heavy atom. The maximum Gasteiger partial charge on any atom is 0.239 e. The van der Waals surface area contributed by atoms with E-state index < -0.39 is 0 Å². The molecule has 2 aromatic heterocycles. The number of nitrogen functional groups attached to an aromatic ring is 1. The molecule has 0 unspecified atom stereocenters. The van der Waals surface area contributed by atoms with Crippen molar-refractivity contribution in [3.8, 4) is 0 Å². The van der Waals surface area contributed by atoms with E-state index in [-0.39, 0.29) is 0 Å². The van der Waals surface area contributed by atoms with Crippen molar-refractivity contribution < 1.29 is 0 Å². The van der Waals surface area contributed by atoms with Gasteiger partial charge in [0.1, 0.15) is 5.82 Å². The highest BCUT2D eigenvalue weighted by molar-refractivity contribution is 9.10. The van der Waals surface area contributed by atoms with Crippen molar-refractivity contribution in [2.45, 2.75) is 6.54 Å². The van der Waals surface area contributed by atoms with Gasteiger partial charge in [0.2, 0.25) is 5.95 Å². The quantitative estimate of drug-likeness (QED) is 0.669. The fourth-order valence-corrected chi connectivity index (χ4v) is 2.58. The summed E-state index contributed by atoms with van der Waals surface area (Å²) in [6, 6.07) is 2.10. The van der Waals surface area contributed by atoms with Crippen LogP contribution in [-0.2, 0) is 6.54 Å². The number of nitrogens with two attached hydrogens (primary N) is 1. The predicted molar refractivity (Wildman–Crippen MR) is 74.0 cm³/mol. The van der Waals surface area contributed by atoms with Crippen molar-refractivity contribution in [1.29, 1.82) is 0 Å². The highest BCUT2D eigenvalue weighted by atomic mass is 79.9. The number of thiophene rings is 1. The van der Waals surface area contributed by atoms with E-state index in [4.69, 9.17) is 5.84 Å². The molecular formula is C10H12BrN5S. The molecule has 0 atom stereocenters. The van der Waals surface area contributed by atoms with Crippen molar-refractivity contribution in [3.05, 3.63) is 33.1 Å². The van der Waals surface area contributed by atoms with E-state index in [9.17, 15) is 0 Å². The molecule has 0 aliphatic carbocycles. The monoisotopic (exact) mass is 313 g/mol. The van der Waals surface area contributed by atoms with Gasteiger partial charge in [0, 0.05) is 19.8 Å². The Bertz CT molecular complexity index is 487. The number of nitrogens with zero attached hydrogens (tertiary/aromatic N) is 3. The van der Waals surface area contributed by atoms with Gasteiger partial charge in [-0.2, -0.15) is 16.3 Å². The average Bonchev–Trinajstić information content (AvgIpc) is 2.82. The summed E-state index contributed by atoms with van der Waals surface area (Å²) in [6.45, 7) is 0.795. The number of aromatic nitrogens is 2. The molecule has 0 fully saturated rings. The number of rotatable bonds is 4. The van der Waals surface area contributed by atoms with Crippen molar-refractivity contribution in [2.24, 2.45) is 5.84 Å². The molecule has 2 aromatic rings. The SMILES string of the molecule is CN(Cc1ccsc1)c1nc(NN)ncc1Br. The maximum atomic E-state index is 5.30. The van der Waals surface area contributed by atoms with E-state index in [1.807, 2.05) is 11.9 Å². The first-order chi connectivity index (χ1) is 8.20. The molecule has 0 aliphatic heterocycles. The van der Waals surface area contributed by atoms with Crippen molar-refractivity contribution in [1.82, 2.24) is 9.97 Å². The summed E-state index contributed by atoms with van der Waals surface area (Å²) in [5.74, 6) is 6.51. The molecule has 7 heteroatoms. The lowest BCUT2D eigenvalue weighted by Crippen LogP contribution is -2.20. The molecule has 0 aliphatic rings. The molecule has 0 aromatic carbocycles. The van der Waals surface area contributed by atoms with Gasteiger partial charge >= 0.3 is 0 Å². The highest BCUT2D eigenvalue weighted by Gasteiger charge is 2.10. The standard InChI is InChI=1S/C10H12BrN5S/c1-16(5-7-2-3-17-6-7)9-8(11)4-13-10(14-9)15-12/h2-4,6H,5,12H2,1H3,(H,13,14,15). The minimum absolute atomic E-state index is 0.403. The summed E-state index contributed by atoms with van der Waals surface area (Å²) in [6.07, 6.45) is 1.68. The first kappa shape index (κ1) is 12.3. The second-order valence-corrected chi connectivity index (χ2v) is 5.13. The Kier molecular flexibility index (Phi) is 3.93. The van der Waals surface area contributed by atoms with E-state index in [2.05, 4.69) is 48.2 Å². The van der Waals surface area contributed by atoms with Crippen molar-refractivity contribution in [2.75, 3.05) is 17.4 Å². The molecule has 90 valence electrons. The summed E-state index contributed by atoms with van der Waals surface area (Å²) < 4.78 is 0.842. The third-order valence-corrected chi connectivity index (χ3v) is 3.51. The van der Waals surface area contributed by atoms with Gasteiger partial charge in [-0.15, -0.1) is 0 Å². The topological polar surface area (TPSA) is 67.1 Å². The molecule has 2 heterocycles. The lowest BCUT2D eigenvalue weighted by molar-refractivity contribution is 0.889. The van der Waals surface area contributed by atoms with Gasteiger partial charge in [0.25, 0.3) is 0 Å². The first-order valence-corrected chi connectivity index (χ1v) is 6.65. The summed E-state index contributed by atoms with van der Waals surface area (Å²) in [7, 11) is 1.98. The largest absolute Gasteiger partial charge is 0.354 e. The molecule has 0 spiro atoms. The fraction of sp³-hybridized carbons (Fsp3) is 0.200. The molecule has 0 saturated carbocycles. The summed E-state index contributed by atoms with van der Waals surface area (Å²) >= 11 is 5.12. The minimum atomic E-state index is 0.403. The van der Waals surface area contributed by atoms with Gasteiger partial charge < -0.3 is 4.90 Å². The number of halogens is 1. The third-order valence-electron chi connectivity index (χ3n) is 2.22. The van der Waals surface area contributed by atoms with Gasteiger partial charge in [-0.1, -0.05) is 0 Å². The first-order valence-electron chi connectivity index (χ1n) is 4.92. The Morgan fingerprint density at radius 1 is 1.59 bits per heavy atom. The zero-order valence-corrected chi connectivity index (χ0v) is 11.6. The van der Waals surface area contributed by atoms with Gasteiger partial charge in [-0.25, -0.2) is 10.8 Å². The molecule has 2 rings (SSSR count). The van der Waals surface area contributed by atoms with Crippen LogP contribution in [0.3, 0.4) is 0 Å². The number of anilines is 2. The average molecular weight is 314 g/mol. The van der Waals surface area contributed by atoms with Crippen LogP contribution in [0.15, 0.2) is 27.5 Å². The zero-order valence-electron chi connectivity index (χ0n) is 9.22. The van der Waals surface area contributed by atoms with Crippen molar-refractivity contribution >= 4 is 39.0 Å². The molecule has 0 amide bonds. The van der Waals surface area contributed by atoms with Crippen LogP contribution >= 0.6 is 27.3 Å². The molecule has 0 bridgehead atoms. The van der Waals surface area contributed by atoms with E-state index in [0.717, 1.165) is 16.8 Å². The van der Waals surface area contributed by atoms with Gasteiger partial charge in [0.15, 0.2) is 0 Å². The number of hydrogen-bond acceptors (Lipinski definition) is 6. The van der Waals surface area contributed by atoms with E-state index in [0.29, 0.717) is 5.95 Å². The third kappa shape index (κ3) is 2.93. The van der Waals surface area contributed by atoms with E-state index in [1.165, 1.54) is 5.56 Å². The smallest absolute Gasteiger partial charge is 0.239 e. The molecular weight excluding hydrogens is 302 g/mol. The van der Waals surface area contributed by atoms with Crippen LogP contribution in [0.5, 0.6) is 0 Å². The minimum Gasteiger partial charge on any atom is -0.354 e. The van der Waals surface area contributed by atoms with E-state index >= 15 is 0 Å². The maximum absolute atomic E-state index is 5.30. The second-order valence-electron chi connectivity index (χ2n) is 3.50. The lowest BCUT2D eigenvalue weighted by atomic mass is 10.3. The Labute approximate surface area is 112 Å². The van der Waals surface area contributed by atoms with Gasteiger partial charge in [-0.05, 0) is 38.3 Å². The van der Waals surface area contributed by atoms with Crippen LogP contribution in [0, 0.1) is 0 Å². The normalized spacial score (nSPS) is 10.3. The molecule has 0 saturated heterocycles. The van der Waals surface area contributed by atoms with Crippen LogP contribution < -0.4 is 16.2 Å². The Balaban J connectivity index is 2.20. The summed E-state index contributed by atoms with van der Waals surface area (Å²) in [5.41, 5.74) is 3.70. The number of hydrazine groups is 1. The zero-order chi connectivity index (χ0) is 12.3. The lowest BCUT2D eigenvalue weighted by Gasteiger charge is -2.19. The van der Waals surface area contributed by atoms with E-state index in [1.54, 1.807) is 17.5 Å². The number of nitrogens with one attached hydrogen (secondary N) is 1. The van der Waals surface area contributed by atoms with Gasteiger partial charge in [-0.3, -0.25) is 5.43 Å². The molecule has 5 nitrogen and oxygen atoms in total. The van der Waals surface area contributed by atoms with Crippen LogP contribution in [0.25, 0.3) is 0 Å². The number of hydrogen-bond donors (Lipinski definition) is 2. The summed E-state index contributed by atoms with van der Waals surface area (Å²) in [5, 5.41) is 4.18. The van der Waals surface area contributed by atoms with Crippen molar-refractivity contribution in [3.63, 3.8) is 0 Å². The van der Waals surface area contributed by atoms with Crippen LogP contribution in [-0.4, -0.2) is 17.0 Å². The Morgan fingerprint density at radius 3 is 3.06 bits per heavy atom. The summed E-state index contributed by atoms with van der Waals surface area (Å²) in [4.78, 5) is 10.4. The van der Waals surface area contributed by atoms with Crippen LogP contribution in [0.4, 0.5) is 11.8 Å². The van der Waals surface area contributed by atoms with Crippen LogP contribution in [0.1, 0.15) is 5.56 Å². The second kappa shape index (κ2) is 5.44. The van der Waals surface area contributed by atoms with Crippen LogP contribution in [0.2, 0.25) is 0 Å². The predicted octanol–water partition coefficient (Wildman–Crippen LogP) is 2.22. The Hall–Kier alpha value is -1.18. The molecule has 17 heavy (non-hydrogen) atoms. The highest BCUT2D eigenvalue weighted by Crippen LogP contribution is 2.24. The molecule has 0 radical (unpaired) electrons. The fourth-order valence-electron chi connectivity index (χ4n) is 1.43. The molecule has 3 N–H and O–H groups in total. The van der Waals surface area contributed by atoms with Gasteiger partial charge in [0.05, 0.1) is 4.47 Å².